The van der Waals surface area contributed by atoms with Gasteiger partial charge < -0.3 is 15.3 Å². The number of aromatic hydroxyl groups is 1. The van der Waals surface area contributed by atoms with Crippen LogP contribution in [0.1, 0.15) is 18.1 Å². The summed E-state index contributed by atoms with van der Waals surface area (Å²) in [5.41, 5.74) is -0.000787. The van der Waals surface area contributed by atoms with Gasteiger partial charge in [0.25, 0.3) is 0 Å². The second-order valence-electron chi connectivity index (χ2n) is 3.08. The van der Waals surface area contributed by atoms with Crippen molar-refractivity contribution in [1.29, 1.82) is 5.26 Å². The summed E-state index contributed by atoms with van der Waals surface area (Å²) in [5.74, 6) is -1.09. The van der Waals surface area contributed by atoms with Gasteiger partial charge in [0, 0.05) is 11.6 Å². The molecule has 4 nitrogen and oxygen atoms in total. The van der Waals surface area contributed by atoms with Crippen molar-refractivity contribution in [3.8, 4) is 11.8 Å². The quantitative estimate of drug-likeness (QED) is 0.691. The van der Waals surface area contributed by atoms with Gasteiger partial charge in [0.2, 0.25) is 0 Å². The van der Waals surface area contributed by atoms with Gasteiger partial charge in [0.05, 0.1) is 18.6 Å². The van der Waals surface area contributed by atoms with Gasteiger partial charge in [-0.05, 0) is 12.1 Å². The van der Waals surface area contributed by atoms with Gasteiger partial charge in [-0.25, -0.2) is 4.39 Å². The lowest BCUT2D eigenvalue weighted by atomic mass is 10.0. The van der Waals surface area contributed by atoms with Crippen LogP contribution in [0.2, 0.25) is 0 Å². The number of phenols is 1. The number of hydrogen-bond acceptors (Lipinski definition) is 4. The van der Waals surface area contributed by atoms with Crippen LogP contribution in [0.5, 0.6) is 5.75 Å². The van der Waals surface area contributed by atoms with E-state index in [1.165, 1.54) is 0 Å². The average Bonchev–Trinajstić information content (AvgIpc) is 2.17. The molecule has 2 atom stereocenters. The zero-order valence-corrected chi connectivity index (χ0v) is 7.76. The SMILES string of the molecule is N#CCC(O)C(O)c1ccc(F)cc1O. The van der Waals surface area contributed by atoms with E-state index in [0.29, 0.717) is 0 Å². The molecule has 0 saturated heterocycles. The molecule has 0 aliphatic heterocycles. The van der Waals surface area contributed by atoms with E-state index in [4.69, 9.17) is 5.26 Å². The molecule has 5 heteroatoms. The summed E-state index contributed by atoms with van der Waals surface area (Å²) >= 11 is 0. The Labute approximate surface area is 85.8 Å². The Morgan fingerprint density at radius 2 is 2.07 bits per heavy atom. The molecule has 80 valence electrons. The molecule has 0 bridgehead atoms. The number of hydrogen-bond donors (Lipinski definition) is 3. The van der Waals surface area contributed by atoms with Crippen molar-refractivity contribution in [2.45, 2.75) is 18.6 Å². The highest BCUT2D eigenvalue weighted by Gasteiger charge is 2.21. The molecule has 0 aliphatic rings. The number of phenolic OH excluding ortho intramolecular Hbond substituents is 1. The summed E-state index contributed by atoms with van der Waals surface area (Å²) in [7, 11) is 0. The second-order valence-corrected chi connectivity index (χ2v) is 3.08. The summed E-state index contributed by atoms with van der Waals surface area (Å²) in [5, 5.41) is 36.4. The first kappa shape index (κ1) is 11.4. The number of rotatable bonds is 3. The first-order chi connectivity index (χ1) is 7.06. The van der Waals surface area contributed by atoms with Crippen molar-refractivity contribution in [3.63, 3.8) is 0 Å². The van der Waals surface area contributed by atoms with Gasteiger partial charge in [-0.2, -0.15) is 5.26 Å². The number of benzene rings is 1. The van der Waals surface area contributed by atoms with Gasteiger partial charge in [-0.15, -0.1) is 0 Å². The van der Waals surface area contributed by atoms with E-state index < -0.39 is 23.8 Å². The van der Waals surface area contributed by atoms with E-state index in [-0.39, 0.29) is 12.0 Å². The van der Waals surface area contributed by atoms with Gasteiger partial charge in [-0.3, -0.25) is 0 Å². The van der Waals surface area contributed by atoms with E-state index in [1.807, 2.05) is 0 Å². The summed E-state index contributed by atoms with van der Waals surface area (Å²) in [6, 6.07) is 4.73. The number of halogens is 1. The van der Waals surface area contributed by atoms with Gasteiger partial charge in [-0.1, -0.05) is 0 Å². The molecular weight excluding hydrogens is 201 g/mol. The van der Waals surface area contributed by atoms with Crippen LogP contribution in [0.3, 0.4) is 0 Å². The average molecular weight is 211 g/mol. The zero-order chi connectivity index (χ0) is 11.4. The molecule has 0 heterocycles. The molecule has 0 amide bonds. The largest absolute Gasteiger partial charge is 0.507 e. The Kier molecular flexibility index (Phi) is 3.61. The summed E-state index contributed by atoms with van der Waals surface area (Å²) in [6.07, 6.45) is -2.96. The van der Waals surface area contributed by atoms with Crippen molar-refractivity contribution >= 4 is 0 Å². The Bertz CT molecular complexity index is 389. The van der Waals surface area contributed by atoms with Crippen LogP contribution in [-0.4, -0.2) is 21.4 Å². The molecule has 0 fully saturated rings. The maximum atomic E-state index is 12.6. The third-order valence-corrected chi connectivity index (χ3v) is 1.98. The summed E-state index contributed by atoms with van der Waals surface area (Å²) in [4.78, 5) is 0. The second kappa shape index (κ2) is 4.73. The van der Waals surface area contributed by atoms with E-state index in [2.05, 4.69) is 0 Å². The maximum absolute atomic E-state index is 12.6. The molecule has 1 rings (SSSR count). The Balaban J connectivity index is 2.91. The molecule has 1 aromatic carbocycles. The minimum absolute atomic E-state index is 0.000787. The Hall–Kier alpha value is -1.64. The lowest BCUT2D eigenvalue weighted by molar-refractivity contribution is 0.0202. The minimum atomic E-state index is -1.40. The van der Waals surface area contributed by atoms with Crippen molar-refractivity contribution in [2.75, 3.05) is 0 Å². The van der Waals surface area contributed by atoms with E-state index >= 15 is 0 Å². The fourth-order valence-corrected chi connectivity index (χ4v) is 1.18. The molecule has 1 aromatic rings. The maximum Gasteiger partial charge on any atom is 0.126 e. The van der Waals surface area contributed by atoms with E-state index in [1.54, 1.807) is 6.07 Å². The van der Waals surface area contributed by atoms with E-state index in [0.717, 1.165) is 18.2 Å². The molecular formula is C10H10FNO3. The lowest BCUT2D eigenvalue weighted by Gasteiger charge is -2.16. The number of nitrogens with zero attached hydrogens (tertiary/aromatic N) is 1. The predicted molar refractivity (Wildman–Crippen MR) is 49.3 cm³/mol. The number of nitriles is 1. The highest BCUT2D eigenvalue weighted by Crippen LogP contribution is 2.27. The first-order valence-electron chi connectivity index (χ1n) is 4.27. The fourth-order valence-electron chi connectivity index (χ4n) is 1.18. The highest BCUT2D eigenvalue weighted by atomic mass is 19.1. The molecule has 0 saturated carbocycles. The monoisotopic (exact) mass is 211 g/mol. The molecule has 0 radical (unpaired) electrons. The van der Waals surface area contributed by atoms with Gasteiger partial charge >= 0.3 is 0 Å². The normalized spacial score (nSPS) is 14.3. The van der Waals surface area contributed by atoms with Crippen molar-refractivity contribution in [3.05, 3.63) is 29.6 Å². The molecule has 2 unspecified atom stereocenters. The topological polar surface area (TPSA) is 84.5 Å². The van der Waals surface area contributed by atoms with Crippen LogP contribution in [0.25, 0.3) is 0 Å². The summed E-state index contributed by atoms with van der Waals surface area (Å²) < 4.78 is 12.6. The van der Waals surface area contributed by atoms with Crippen LogP contribution in [0, 0.1) is 17.1 Å². The lowest BCUT2D eigenvalue weighted by Crippen LogP contribution is -2.17. The molecule has 0 aliphatic carbocycles. The third-order valence-electron chi connectivity index (χ3n) is 1.98. The van der Waals surface area contributed by atoms with Crippen LogP contribution >= 0.6 is 0 Å². The van der Waals surface area contributed by atoms with Crippen LogP contribution < -0.4 is 0 Å². The number of aliphatic hydroxyl groups is 2. The van der Waals surface area contributed by atoms with Crippen molar-refractivity contribution < 1.29 is 19.7 Å². The molecule has 0 spiro atoms. The van der Waals surface area contributed by atoms with E-state index in [9.17, 15) is 19.7 Å². The van der Waals surface area contributed by atoms with Gasteiger partial charge in [0.1, 0.15) is 17.7 Å². The number of aliphatic hydroxyl groups excluding tert-OH is 2. The standard InChI is InChI=1S/C10H10FNO3/c11-6-1-2-7(9(14)5-6)10(15)8(13)3-4-12/h1-2,5,8,10,13-15H,3H2. The molecule has 15 heavy (non-hydrogen) atoms. The predicted octanol–water partition coefficient (Wildman–Crippen LogP) is 0.839. The first-order valence-corrected chi connectivity index (χ1v) is 4.27. The fraction of sp³-hybridized carbons (Fsp3) is 0.300. The Morgan fingerprint density at radius 1 is 1.40 bits per heavy atom. The van der Waals surface area contributed by atoms with Crippen molar-refractivity contribution in [1.82, 2.24) is 0 Å². The third kappa shape index (κ3) is 2.65. The Morgan fingerprint density at radius 3 is 2.60 bits per heavy atom. The van der Waals surface area contributed by atoms with Crippen LogP contribution in [0.4, 0.5) is 4.39 Å². The zero-order valence-electron chi connectivity index (χ0n) is 7.76. The van der Waals surface area contributed by atoms with Gasteiger partial charge in [0.15, 0.2) is 0 Å². The minimum Gasteiger partial charge on any atom is -0.507 e. The van der Waals surface area contributed by atoms with Crippen LogP contribution in [0.15, 0.2) is 18.2 Å². The smallest absolute Gasteiger partial charge is 0.126 e. The molecule has 0 aromatic heterocycles. The molecule has 3 N–H and O–H groups in total. The summed E-state index contributed by atoms with van der Waals surface area (Å²) in [6.45, 7) is 0. The van der Waals surface area contributed by atoms with Crippen LogP contribution in [-0.2, 0) is 0 Å². The van der Waals surface area contributed by atoms with Crippen molar-refractivity contribution in [2.24, 2.45) is 0 Å². The highest BCUT2D eigenvalue weighted by molar-refractivity contribution is 5.35.